The Morgan fingerprint density at radius 2 is 2.07 bits per heavy atom. The van der Waals surface area contributed by atoms with Crippen molar-refractivity contribution in [3.05, 3.63) is 57.2 Å². The number of hydrogen-bond acceptors (Lipinski definition) is 6. The van der Waals surface area contributed by atoms with E-state index >= 15 is 0 Å². The summed E-state index contributed by atoms with van der Waals surface area (Å²) < 4.78 is 5.33. The van der Waals surface area contributed by atoms with E-state index in [2.05, 4.69) is 20.5 Å². The van der Waals surface area contributed by atoms with E-state index in [9.17, 15) is 14.9 Å². The second-order valence-electron chi connectivity index (χ2n) is 5.85. The van der Waals surface area contributed by atoms with E-state index in [0.717, 1.165) is 24.5 Å². The van der Waals surface area contributed by atoms with Gasteiger partial charge in [-0.25, -0.2) is 9.78 Å². The van der Waals surface area contributed by atoms with E-state index in [1.807, 2.05) is 12.1 Å². The van der Waals surface area contributed by atoms with E-state index in [1.165, 1.54) is 18.2 Å². The van der Waals surface area contributed by atoms with Crippen LogP contribution in [0.3, 0.4) is 0 Å². The number of carbonyl (C=O) groups is 1. The standard InChI is InChI=1S/C17H18ClN5O4/c18-14-2-1-13(10-15(14)23(25)26)21-17(24)20-11-12-3-4-19-16(9-12)22-5-7-27-8-6-22/h1-4,9-10H,5-8,11H2,(H2,20,21,24). The molecule has 2 N–H and O–H groups in total. The smallest absolute Gasteiger partial charge is 0.319 e. The molecule has 0 bridgehead atoms. The lowest BCUT2D eigenvalue weighted by Crippen LogP contribution is -2.36. The first-order chi connectivity index (χ1) is 13.0. The van der Waals surface area contributed by atoms with E-state index in [0.29, 0.717) is 19.8 Å². The van der Waals surface area contributed by atoms with Crippen LogP contribution < -0.4 is 15.5 Å². The number of nitrogens with one attached hydrogen (secondary N) is 2. The van der Waals surface area contributed by atoms with Gasteiger partial charge in [0.15, 0.2) is 0 Å². The van der Waals surface area contributed by atoms with Crippen LogP contribution in [0, 0.1) is 10.1 Å². The highest BCUT2D eigenvalue weighted by Gasteiger charge is 2.15. The van der Waals surface area contributed by atoms with Gasteiger partial charge in [0.2, 0.25) is 0 Å². The SMILES string of the molecule is O=C(NCc1ccnc(N2CCOCC2)c1)Nc1ccc(Cl)c([N+](=O)[O-])c1. The molecule has 1 aromatic heterocycles. The van der Waals surface area contributed by atoms with Gasteiger partial charge in [-0.15, -0.1) is 0 Å². The molecule has 1 saturated heterocycles. The maximum atomic E-state index is 12.1. The Morgan fingerprint density at radius 3 is 2.81 bits per heavy atom. The maximum absolute atomic E-state index is 12.1. The molecule has 1 aromatic carbocycles. The van der Waals surface area contributed by atoms with Gasteiger partial charge in [0.25, 0.3) is 5.69 Å². The Kier molecular flexibility index (Phi) is 6.05. The fourth-order valence-electron chi connectivity index (χ4n) is 2.62. The van der Waals surface area contributed by atoms with Crippen molar-refractivity contribution in [2.24, 2.45) is 0 Å². The molecule has 1 aliphatic heterocycles. The van der Waals surface area contributed by atoms with Crippen LogP contribution in [0.25, 0.3) is 0 Å². The number of aromatic nitrogens is 1. The topological polar surface area (TPSA) is 110 Å². The number of anilines is 2. The Balaban J connectivity index is 1.58. The third-order valence-electron chi connectivity index (χ3n) is 4.00. The van der Waals surface area contributed by atoms with E-state index < -0.39 is 11.0 Å². The first-order valence-corrected chi connectivity index (χ1v) is 8.67. The molecule has 3 rings (SSSR count). The minimum absolute atomic E-state index is 0.0124. The number of carbonyl (C=O) groups excluding carboxylic acids is 1. The minimum Gasteiger partial charge on any atom is -0.378 e. The number of ether oxygens (including phenoxy) is 1. The lowest BCUT2D eigenvalue weighted by atomic mass is 10.2. The van der Waals surface area contributed by atoms with Gasteiger partial charge >= 0.3 is 6.03 Å². The van der Waals surface area contributed by atoms with Crippen molar-refractivity contribution in [1.29, 1.82) is 0 Å². The van der Waals surface area contributed by atoms with Gasteiger partial charge in [-0.3, -0.25) is 10.1 Å². The second kappa shape index (κ2) is 8.65. The van der Waals surface area contributed by atoms with Crippen molar-refractivity contribution >= 4 is 34.8 Å². The number of hydrogen-bond donors (Lipinski definition) is 2. The van der Waals surface area contributed by atoms with Crippen LogP contribution in [0.4, 0.5) is 22.0 Å². The number of pyridine rings is 1. The molecule has 0 radical (unpaired) electrons. The lowest BCUT2D eigenvalue weighted by Gasteiger charge is -2.28. The predicted molar refractivity (Wildman–Crippen MR) is 101 cm³/mol. The van der Waals surface area contributed by atoms with Gasteiger partial charge in [0.1, 0.15) is 10.8 Å². The molecule has 9 nitrogen and oxygen atoms in total. The molecular formula is C17H18ClN5O4. The van der Waals surface area contributed by atoms with Crippen molar-refractivity contribution in [2.45, 2.75) is 6.54 Å². The Hall–Kier alpha value is -2.91. The molecule has 142 valence electrons. The van der Waals surface area contributed by atoms with Crippen molar-refractivity contribution in [3.63, 3.8) is 0 Å². The molecule has 2 amide bonds. The zero-order chi connectivity index (χ0) is 19.2. The largest absolute Gasteiger partial charge is 0.378 e. The Labute approximate surface area is 160 Å². The third-order valence-corrected chi connectivity index (χ3v) is 4.32. The van der Waals surface area contributed by atoms with Crippen LogP contribution in [0.5, 0.6) is 0 Å². The molecule has 1 fully saturated rings. The Bertz CT molecular complexity index is 842. The number of morpholine rings is 1. The summed E-state index contributed by atoms with van der Waals surface area (Å²) in [7, 11) is 0. The van der Waals surface area contributed by atoms with Crippen molar-refractivity contribution in [1.82, 2.24) is 10.3 Å². The lowest BCUT2D eigenvalue weighted by molar-refractivity contribution is -0.384. The number of halogens is 1. The second-order valence-corrected chi connectivity index (χ2v) is 6.26. The van der Waals surface area contributed by atoms with Gasteiger partial charge in [-0.1, -0.05) is 11.6 Å². The van der Waals surface area contributed by atoms with Crippen molar-refractivity contribution in [3.8, 4) is 0 Å². The molecule has 10 heteroatoms. The molecule has 2 heterocycles. The van der Waals surface area contributed by atoms with Crippen molar-refractivity contribution in [2.75, 3.05) is 36.5 Å². The molecule has 0 unspecified atom stereocenters. The average molecular weight is 392 g/mol. The predicted octanol–water partition coefficient (Wildman–Crippen LogP) is 2.80. The van der Waals surface area contributed by atoms with Crippen LogP contribution >= 0.6 is 11.6 Å². The molecule has 27 heavy (non-hydrogen) atoms. The number of nitro groups is 1. The van der Waals surface area contributed by atoms with Gasteiger partial charge in [0.05, 0.1) is 18.1 Å². The molecule has 1 aliphatic rings. The summed E-state index contributed by atoms with van der Waals surface area (Å²) in [6.07, 6.45) is 1.70. The quantitative estimate of drug-likeness (QED) is 0.599. The van der Waals surface area contributed by atoms with E-state index in [4.69, 9.17) is 16.3 Å². The molecule has 0 atom stereocenters. The van der Waals surface area contributed by atoms with Gasteiger partial charge in [-0.2, -0.15) is 0 Å². The summed E-state index contributed by atoms with van der Waals surface area (Å²) in [5, 5.41) is 16.2. The zero-order valence-corrected chi connectivity index (χ0v) is 15.1. The fourth-order valence-corrected chi connectivity index (χ4v) is 2.81. The maximum Gasteiger partial charge on any atom is 0.319 e. The number of nitro benzene ring substituents is 1. The van der Waals surface area contributed by atoms with Crippen LogP contribution in [-0.4, -0.2) is 42.2 Å². The number of nitrogens with zero attached hydrogens (tertiary/aromatic N) is 3. The third kappa shape index (κ3) is 5.05. The van der Waals surface area contributed by atoms with Crippen LogP contribution in [0.2, 0.25) is 5.02 Å². The summed E-state index contributed by atoms with van der Waals surface area (Å²) in [6.45, 7) is 3.18. The fraction of sp³-hybridized carbons (Fsp3) is 0.294. The molecule has 0 aliphatic carbocycles. The van der Waals surface area contributed by atoms with Crippen molar-refractivity contribution < 1.29 is 14.5 Å². The highest BCUT2D eigenvalue weighted by Crippen LogP contribution is 2.27. The molecular weight excluding hydrogens is 374 g/mol. The van der Waals surface area contributed by atoms with Gasteiger partial charge in [-0.05, 0) is 29.8 Å². The Morgan fingerprint density at radius 1 is 1.30 bits per heavy atom. The number of rotatable bonds is 5. The minimum atomic E-state index is -0.602. The van der Waals surface area contributed by atoms with Crippen LogP contribution in [0.1, 0.15) is 5.56 Å². The highest BCUT2D eigenvalue weighted by molar-refractivity contribution is 6.32. The van der Waals surface area contributed by atoms with Gasteiger partial charge in [0, 0.05) is 37.6 Å². The molecule has 0 saturated carbocycles. The van der Waals surface area contributed by atoms with E-state index in [-0.39, 0.29) is 16.4 Å². The number of benzene rings is 1. The summed E-state index contributed by atoms with van der Waals surface area (Å²) in [5.74, 6) is 0.839. The summed E-state index contributed by atoms with van der Waals surface area (Å²) in [6, 6.07) is 7.34. The number of amides is 2. The summed E-state index contributed by atoms with van der Waals surface area (Å²) >= 11 is 5.76. The number of urea groups is 1. The van der Waals surface area contributed by atoms with Crippen LogP contribution in [0.15, 0.2) is 36.5 Å². The summed E-state index contributed by atoms with van der Waals surface area (Å²) in [4.78, 5) is 28.9. The summed E-state index contributed by atoms with van der Waals surface area (Å²) in [5.41, 5.74) is 0.912. The average Bonchev–Trinajstić information content (AvgIpc) is 2.68. The molecule has 2 aromatic rings. The van der Waals surface area contributed by atoms with Crippen LogP contribution in [-0.2, 0) is 11.3 Å². The van der Waals surface area contributed by atoms with E-state index in [1.54, 1.807) is 6.20 Å². The first-order valence-electron chi connectivity index (χ1n) is 8.29. The normalized spacial score (nSPS) is 13.9. The first kappa shape index (κ1) is 18.9. The van der Waals surface area contributed by atoms with Gasteiger partial charge < -0.3 is 20.3 Å². The highest BCUT2D eigenvalue weighted by atomic mass is 35.5. The monoisotopic (exact) mass is 391 g/mol. The molecule has 0 spiro atoms. The zero-order valence-electron chi connectivity index (χ0n) is 14.4.